The molecule has 2 aromatic rings. The number of carbonyl (C=O) groups is 1. The van der Waals surface area contributed by atoms with Crippen molar-refractivity contribution in [3.63, 3.8) is 0 Å². The zero-order valence-corrected chi connectivity index (χ0v) is 16.3. The number of methoxy groups -OCH3 is 1. The van der Waals surface area contributed by atoms with Crippen molar-refractivity contribution >= 4 is 5.91 Å². The molecule has 1 aliphatic rings. The molecule has 1 N–H and O–H groups in total. The molecule has 2 aromatic carbocycles. The number of nitrogens with one attached hydrogen (secondary N) is 1. The van der Waals surface area contributed by atoms with Crippen LogP contribution in [0, 0.1) is 0 Å². The van der Waals surface area contributed by atoms with Gasteiger partial charge in [0.15, 0.2) is 0 Å². The first-order valence-corrected chi connectivity index (χ1v) is 9.76. The van der Waals surface area contributed by atoms with E-state index in [2.05, 4.69) is 24.4 Å². The summed E-state index contributed by atoms with van der Waals surface area (Å²) in [5.41, 5.74) is 3.12. The average molecular weight is 367 g/mol. The minimum atomic E-state index is -0.0949. The molecule has 1 aliphatic heterocycles. The van der Waals surface area contributed by atoms with E-state index in [1.807, 2.05) is 36.4 Å². The number of aryl methyl sites for hydroxylation is 1. The first kappa shape index (κ1) is 19.4. The number of ether oxygens (including phenoxy) is 2. The van der Waals surface area contributed by atoms with Crippen LogP contribution >= 0.6 is 0 Å². The van der Waals surface area contributed by atoms with Crippen molar-refractivity contribution in [2.24, 2.45) is 0 Å². The van der Waals surface area contributed by atoms with E-state index in [9.17, 15) is 4.79 Å². The molecule has 0 radical (unpaired) electrons. The number of amides is 1. The fraction of sp³-hybridized carbons (Fsp3) is 0.435. The van der Waals surface area contributed by atoms with Crippen molar-refractivity contribution < 1.29 is 14.3 Å². The number of hydrogen-bond donors (Lipinski definition) is 1. The van der Waals surface area contributed by atoms with Gasteiger partial charge in [-0.25, -0.2) is 0 Å². The summed E-state index contributed by atoms with van der Waals surface area (Å²) in [6, 6.07) is 16.1. The first-order valence-electron chi connectivity index (χ1n) is 9.76. The minimum absolute atomic E-state index is 0.0163. The van der Waals surface area contributed by atoms with E-state index < -0.39 is 0 Å². The monoisotopic (exact) mass is 367 g/mol. The molecule has 0 bridgehead atoms. The molecular formula is C23H29NO3. The number of carbonyl (C=O) groups excluding carboxylic acids is 1. The van der Waals surface area contributed by atoms with Crippen molar-refractivity contribution in [2.45, 2.75) is 38.0 Å². The van der Waals surface area contributed by atoms with Gasteiger partial charge in [0.05, 0.1) is 7.11 Å². The van der Waals surface area contributed by atoms with E-state index in [1.54, 1.807) is 7.11 Å². The molecule has 0 aliphatic carbocycles. The van der Waals surface area contributed by atoms with Gasteiger partial charge in [-0.05, 0) is 54.7 Å². The lowest BCUT2D eigenvalue weighted by Crippen LogP contribution is -2.44. The van der Waals surface area contributed by atoms with Crippen LogP contribution in [-0.4, -0.2) is 32.8 Å². The molecule has 1 heterocycles. The Balaban J connectivity index is 1.71. The third-order valence-corrected chi connectivity index (χ3v) is 5.49. The fourth-order valence-electron chi connectivity index (χ4n) is 3.74. The minimum Gasteiger partial charge on any atom is -0.497 e. The highest BCUT2D eigenvalue weighted by atomic mass is 16.5. The molecule has 1 fully saturated rings. The highest BCUT2D eigenvalue weighted by molar-refractivity contribution is 5.94. The van der Waals surface area contributed by atoms with Crippen LogP contribution in [0.4, 0.5) is 0 Å². The van der Waals surface area contributed by atoms with Crippen LogP contribution in [-0.2, 0) is 16.6 Å². The molecule has 1 saturated heterocycles. The van der Waals surface area contributed by atoms with Crippen molar-refractivity contribution in [3.05, 3.63) is 65.2 Å². The van der Waals surface area contributed by atoms with Gasteiger partial charge in [0.2, 0.25) is 0 Å². The van der Waals surface area contributed by atoms with Crippen LogP contribution < -0.4 is 10.1 Å². The SMILES string of the molecule is CCCc1ccc(C(=O)NCC2(c3ccc(OC)cc3)CCOCC2)cc1. The molecule has 4 heteroatoms. The standard InChI is InChI=1S/C23H29NO3/c1-3-4-18-5-7-19(8-6-18)22(25)24-17-23(13-15-27-16-14-23)20-9-11-21(26-2)12-10-20/h5-12H,3-4,13-17H2,1-2H3,(H,24,25). The van der Waals surface area contributed by atoms with Crippen molar-refractivity contribution in [1.82, 2.24) is 5.32 Å². The maximum atomic E-state index is 12.7. The summed E-state index contributed by atoms with van der Waals surface area (Å²) in [6.45, 7) is 4.20. The van der Waals surface area contributed by atoms with E-state index in [-0.39, 0.29) is 11.3 Å². The second kappa shape index (κ2) is 9.05. The maximum Gasteiger partial charge on any atom is 0.251 e. The molecule has 3 rings (SSSR count). The second-order valence-electron chi connectivity index (χ2n) is 7.25. The summed E-state index contributed by atoms with van der Waals surface area (Å²) in [5.74, 6) is 0.828. The lowest BCUT2D eigenvalue weighted by Gasteiger charge is -2.38. The van der Waals surface area contributed by atoms with E-state index in [0.717, 1.165) is 31.4 Å². The summed E-state index contributed by atoms with van der Waals surface area (Å²) in [7, 11) is 1.67. The van der Waals surface area contributed by atoms with Crippen LogP contribution in [0.2, 0.25) is 0 Å². The van der Waals surface area contributed by atoms with Crippen LogP contribution in [0.25, 0.3) is 0 Å². The quantitative estimate of drug-likeness (QED) is 0.801. The smallest absolute Gasteiger partial charge is 0.251 e. The van der Waals surface area contributed by atoms with Gasteiger partial charge < -0.3 is 14.8 Å². The van der Waals surface area contributed by atoms with Crippen molar-refractivity contribution in [2.75, 3.05) is 26.9 Å². The summed E-state index contributed by atoms with van der Waals surface area (Å²) < 4.78 is 10.9. The highest BCUT2D eigenvalue weighted by Crippen LogP contribution is 2.35. The average Bonchev–Trinajstić information content (AvgIpc) is 2.73. The molecular weight excluding hydrogens is 338 g/mol. The Morgan fingerprint density at radius 2 is 1.74 bits per heavy atom. The highest BCUT2D eigenvalue weighted by Gasteiger charge is 2.35. The van der Waals surface area contributed by atoms with Gasteiger partial charge in [-0.3, -0.25) is 4.79 Å². The van der Waals surface area contributed by atoms with Crippen molar-refractivity contribution in [3.8, 4) is 5.75 Å². The summed E-state index contributed by atoms with van der Waals surface area (Å²) in [6.07, 6.45) is 3.95. The first-order chi connectivity index (χ1) is 13.2. The Morgan fingerprint density at radius 3 is 2.33 bits per heavy atom. The van der Waals surface area contributed by atoms with Gasteiger partial charge in [0.1, 0.15) is 5.75 Å². The van der Waals surface area contributed by atoms with E-state index in [1.165, 1.54) is 11.1 Å². The van der Waals surface area contributed by atoms with Gasteiger partial charge in [-0.15, -0.1) is 0 Å². The fourth-order valence-corrected chi connectivity index (χ4v) is 3.74. The van der Waals surface area contributed by atoms with Gasteiger partial charge in [-0.1, -0.05) is 37.6 Å². The van der Waals surface area contributed by atoms with Gasteiger partial charge >= 0.3 is 0 Å². The molecule has 0 saturated carbocycles. The molecule has 0 aromatic heterocycles. The zero-order valence-electron chi connectivity index (χ0n) is 16.3. The van der Waals surface area contributed by atoms with E-state index >= 15 is 0 Å². The van der Waals surface area contributed by atoms with Gasteiger partial charge in [-0.2, -0.15) is 0 Å². The molecule has 0 spiro atoms. The van der Waals surface area contributed by atoms with Crippen LogP contribution in [0.5, 0.6) is 5.75 Å². The Bertz CT molecular complexity index is 731. The summed E-state index contributed by atoms with van der Waals surface area (Å²) in [4.78, 5) is 12.7. The number of hydrogen-bond acceptors (Lipinski definition) is 3. The molecule has 0 atom stereocenters. The largest absolute Gasteiger partial charge is 0.497 e. The normalized spacial score (nSPS) is 15.9. The number of benzene rings is 2. The predicted octanol–water partition coefficient (Wildman–Crippen LogP) is 4.13. The van der Waals surface area contributed by atoms with Gasteiger partial charge in [0.25, 0.3) is 5.91 Å². The van der Waals surface area contributed by atoms with Gasteiger partial charge in [0, 0.05) is 30.7 Å². The third kappa shape index (κ3) is 4.69. The predicted molar refractivity (Wildman–Crippen MR) is 107 cm³/mol. The third-order valence-electron chi connectivity index (χ3n) is 5.49. The molecule has 144 valence electrons. The van der Waals surface area contributed by atoms with Crippen LogP contribution in [0.3, 0.4) is 0 Å². The molecule has 1 amide bonds. The second-order valence-corrected chi connectivity index (χ2v) is 7.25. The Morgan fingerprint density at radius 1 is 1.07 bits per heavy atom. The van der Waals surface area contributed by atoms with Crippen molar-refractivity contribution in [1.29, 1.82) is 0 Å². The topological polar surface area (TPSA) is 47.6 Å². The lowest BCUT2D eigenvalue weighted by molar-refractivity contribution is 0.0487. The molecule has 27 heavy (non-hydrogen) atoms. The van der Waals surface area contributed by atoms with Crippen LogP contribution in [0.15, 0.2) is 48.5 Å². The lowest BCUT2D eigenvalue weighted by atomic mass is 9.74. The maximum absolute atomic E-state index is 12.7. The van der Waals surface area contributed by atoms with E-state index in [4.69, 9.17) is 9.47 Å². The Kier molecular flexibility index (Phi) is 6.51. The zero-order chi connectivity index (χ0) is 19.1. The summed E-state index contributed by atoms with van der Waals surface area (Å²) >= 11 is 0. The Hall–Kier alpha value is -2.33. The Labute approximate surface area is 161 Å². The summed E-state index contributed by atoms with van der Waals surface area (Å²) in [5, 5.41) is 3.16. The van der Waals surface area contributed by atoms with E-state index in [0.29, 0.717) is 25.3 Å². The molecule has 4 nitrogen and oxygen atoms in total. The van der Waals surface area contributed by atoms with Crippen LogP contribution in [0.1, 0.15) is 47.7 Å². The number of rotatable bonds is 7. The molecule has 0 unspecified atom stereocenters.